The van der Waals surface area contributed by atoms with Crippen molar-refractivity contribution in [2.24, 2.45) is 11.3 Å². The number of hydrogen-bond donors (Lipinski definition) is 2. The lowest BCUT2D eigenvalue weighted by atomic mass is 9.71. The van der Waals surface area contributed by atoms with Gasteiger partial charge < -0.3 is 10.6 Å². The Morgan fingerprint density at radius 2 is 1.88 bits per heavy atom. The number of nitrogens with one attached hydrogen (secondary N) is 2. The SMILES string of the molecule is CNCC(=O)NCC(C)(C)C1CCCCC1. The minimum atomic E-state index is 0.103. The molecular weight excluding hydrogens is 200 g/mol. The molecule has 1 fully saturated rings. The van der Waals surface area contributed by atoms with E-state index in [0.29, 0.717) is 6.54 Å². The van der Waals surface area contributed by atoms with Crippen LogP contribution in [0.3, 0.4) is 0 Å². The minimum absolute atomic E-state index is 0.103. The number of carbonyl (C=O) groups is 1. The highest BCUT2D eigenvalue weighted by Crippen LogP contribution is 2.37. The molecule has 0 aromatic carbocycles. The van der Waals surface area contributed by atoms with Gasteiger partial charge in [-0.15, -0.1) is 0 Å². The molecule has 94 valence electrons. The lowest BCUT2D eigenvalue weighted by Crippen LogP contribution is -2.41. The highest BCUT2D eigenvalue weighted by molar-refractivity contribution is 5.77. The Bertz CT molecular complexity index is 220. The summed E-state index contributed by atoms with van der Waals surface area (Å²) in [5, 5.41) is 5.89. The van der Waals surface area contributed by atoms with E-state index >= 15 is 0 Å². The monoisotopic (exact) mass is 226 g/mol. The maximum atomic E-state index is 11.4. The Morgan fingerprint density at radius 1 is 1.25 bits per heavy atom. The third-order valence-corrected chi connectivity index (χ3v) is 3.79. The second-order valence-electron chi connectivity index (χ2n) is 5.63. The number of likely N-dealkylation sites (N-methyl/N-ethyl adjacent to an activating group) is 1. The van der Waals surface area contributed by atoms with Crippen LogP contribution in [-0.4, -0.2) is 26.0 Å². The van der Waals surface area contributed by atoms with E-state index in [4.69, 9.17) is 0 Å². The fourth-order valence-corrected chi connectivity index (χ4v) is 2.58. The van der Waals surface area contributed by atoms with Crippen LogP contribution in [0.25, 0.3) is 0 Å². The molecule has 0 aromatic rings. The fraction of sp³-hybridized carbons (Fsp3) is 0.923. The van der Waals surface area contributed by atoms with Gasteiger partial charge in [0.1, 0.15) is 0 Å². The van der Waals surface area contributed by atoms with Crippen molar-refractivity contribution in [2.45, 2.75) is 46.0 Å². The van der Waals surface area contributed by atoms with Gasteiger partial charge in [0.15, 0.2) is 0 Å². The molecule has 0 aromatic heterocycles. The van der Waals surface area contributed by atoms with Gasteiger partial charge in [0, 0.05) is 6.54 Å². The summed E-state index contributed by atoms with van der Waals surface area (Å²) in [7, 11) is 1.80. The molecule has 3 nitrogen and oxygen atoms in total. The Labute approximate surface area is 99.4 Å². The normalized spacial score (nSPS) is 18.4. The smallest absolute Gasteiger partial charge is 0.233 e. The van der Waals surface area contributed by atoms with Crippen LogP contribution in [0.5, 0.6) is 0 Å². The molecule has 0 heterocycles. The van der Waals surface area contributed by atoms with E-state index < -0.39 is 0 Å². The second kappa shape index (κ2) is 6.24. The summed E-state index contributed by atoms with van der Waals surface area (Å²) < 4.78 is 0. The van der Waals surface area contributed by atoms with Crippen LogP contribution in [0.4, 0.5) is 0 Å². The summed E-state index contributed by atoms with van der Waals surface area (Å²) in [5.41, 5.74) is 0.240. The average Bonchev–Trinajstić information content (AvgIpc) is 2.28. The van der Waals surface area contributed by atoms with Crippen LogP contribution >= 0.6 is 0 Å². The largest absolute Gasteiger partial charge is 0.354 e. The molecule has 0 spiro atoms. The second-order valence-corrected chi connectivity index (χ2v) is 5.63. The molecule has 1 amide bonds. The quantitative estimate of drug-likeness (QED) is 0.752. The van der Waals surface area contributed by atoms with Gasteiger partial charge in [-0.3, -0.25) is 4.79 Å². The van der Waals surface area contributed by atoms with E-state index in [1.54, 1.807) is 7.05 Å². The first-order chi connectivity index (χ1) is 7.56. The third-order valence-electron chi connectivity index (χ3n) is 3.79. The molecule has 0 saturated heterocycles. The van der Waals surface area contributed by atoms with Crippen molar-refractivity contribution >= 4 is 5.91 Å². The molecule has 1 aliphatic rings. The van der Waals surface area contributed by atoms with Crippen molar-refractivity contribution in [3.8, 4) is 0 Å². The summed E-state index contributed by atoms with van der Waals surface area (Å²) in [4.78, 5) is 11.4. The average molecular weight is 226 g/mol. The van der Waals surface area contributed by atoms with E-state index in [-0.39, 0.29) is 11.3 Å². The van der Waals surface area contributed by atoms with E-state index in [1.165, 1.54) is 32.1 Å². The Hall–Kier alpha value is -0.570. The molecular formula is C13H26N2O. The Kier molecular flexibility index (Phi) is 5.26. The summed E-state index contributed by atoms with van der Waals surface area (Å²) in [6, 6.07) is 0. The predicted molar refractivity (Wildman–Crippen MR) is 67.3 cm³/mol. The minimum Gasteiger partial charge on any atom is -0.354 e. The number of carbonyl (C=O) groups excluding carboxylic acids is 1. The van der Waals surface area contributed by atoms with Gasteiger partial charge in [-0.1, -0.05) is 33.1 Å². The molecule has 0 atom stereocenters. The van der Waals surface area contributed by atoms with Gasteiger partial charge in [-0.25, -0.2) is 0 Å². The zero-order chi connectivity index (χ0) is 12.0. The van der Waals surface area contributed by atoms with Crippen molar-refractivity contribution in [3.05, 3.63) is 0 Å². The zero-order valence-corrected chi connectivity index (χ0v) is 10.9. The number of rotatable bonds is 5. The third kappa shape index (κ3) is 4.12. The molecule has 0 aliphatic heterocycles. The molecule has 1 aliphatic carbocycles. The van der Waals surface area contributed by atoms with E-state index in [2.05, 4.69) is 24.5 Å². The van der Waals surface area contributed by atoms with Gasteiger partial charge >= 0.3 is 0 Å². The maximum absolute atomic E-state index is 11.4. The first kappa shape index (κ1) is 13.5. The van der Waals surface area contributed by atoms with Crippen LogP contribution < -0.4 is 10.6 Å². The lowest BCUT2D eigenvalue weighted by molar-refractivity contribution is -0.120. The molecule has 0 unspecified atom stereocenters. The van der Waals surface area contributed by atoms with Gasteiger partial charge in [0.05, 0.1) is 6.54 Å². The zero-order valence-electron chi connectivity index (χ0n) is 10.9. The Balaban J connectivity index is 2.34. The van der Waals surface area contributed by atoms with Gasteiger partial charge in [-0.2, -0.15) is 0 Å². The lowest BCUT2D eigenvalue weighted by Gasteiger charge is -2.37. The molecule has 0 bridgehead atoms. The predicted octanol–water partition coefficient (Wildman–Crippen LogP) is 1.93. The standard InChI is InChI=1S/C13H26N2O/c1-13(2,10-15-12(16)9-14-3)11-7-5-4-6-8-11/h11,14H,4-10H2,1-3H3,(H,15,16). The van der Waals surface area contributed by atoms with Crippen LogP contribution in [0, 0.1) is 11.3 Å². The summed E-state index contributed by atoms with van der Waals surface area (Å²) in [6.45, 7) is 5.78. The Morgan fingerprint density at radius 3 is 2.44 bits per heavy atom. The molecule has 1 rings (SSSR count). The number of amides is 1. The van der Waals surface area contributed by atoms with E-state index in [0.717, 1.165) is 12.5 Å². The summed E-state index contributed by atoms with van der Waals surface area (Å²) in [5.74, 6) is 0.877. The van der Waals surface area contributed by atoms with Crippen molar-refractivity contribution in [1.82, 2.24) is 10.6 Å². The first-order valence-corrected chi connectivity index (χ1v) is 6.47. The highest BCUT2D eigenvalue weighted by atomic mass is 16.1. The van der Waals surface area contributed by atoms with Crippen LogP contribution in [-0.2, 0) is 4.79 Å². The summed E-state index contributed by atoms with van der Waals surface area (Å²) >= 11 is 0. The van der Waals surface area contributed by atoms with Crippen LogP contribution in [0.15, 0.2) is 0 Å². The van der Waals surface area contributed by atoms with Crippen molar-refractivity contribution < 1.29 is 4.79 Å². The topological polar surface area (TPSA) is 41.1 Å². The maximum Gasteiger partial charge on any atom is 0.233 e. The molecule has 0 radical (unpaired) electrons. The van der Waals surface area contributed by atoms with E-state index in [9.17, 15) is 4.79 Å². The summed E-state index contributed by atoms with van der Waals surface area (Å²) in [6.07, 6.45) is 6.76. The first-order valence-electron chi connectivity index (χ1n) is 6.47. The molecule has 2 N–H and O–H groups in total. The van der Waals surface area contributed by atoms with Gasteiger partial charge in [0.2, 0.25) is 5.91 Å². The molecule has 1 saturated carbocycles. The van der Waals surface area contributed by atoms with Crippen LogP contribution in [0.2, 0.25) is 0 Å². The van der Waals surface area contributed by atoms with Gasteiger partial charge in [-0.05, 0) is 31.2 Å². The van der Waals surface area contributed by atoms with E-state index in [1.807, 2.05) is 0 Å². The number of hydrogen-bond acceptors (Lipinski definition) is 2. The molecule has 16 heavy (non-hydrogen) atoms. The molecule has 3 heteroatoms. The van der Waals surface area contributed by atoms with Crippen molar-refractivity contribution in [1.29, 1.82) is 0 Å². The van der Waals surface area contributed by atoms with Crippen molar-refractivity contribution in [3.63, 3.8) is 0 Å². The van der Waals surface area contributed by atoms with Crippen molar-refractivity contribution in [2.75, 3.05) is 20.1 Å². The fourth-order valence-electron chi connectivity index (χ4n) is 2.58. The van der Waals surface area contributed by atoms with Crippen LogP contribution in [0.1, 0.15) is 46.0 Å². The highest BCUT2D eigenvalue weighted by Gasteiger charge is 2.30. The van der Waals surface area contributed by atoms with Gasteiger partial charge in [0.25, 0.3) is 0 Å².